The van der Waals surface area contributed by atoms with E-state index in [1.165, 1.54) is 22.5 Å². The van der Waals surface area contributed by atoms with Gasteiger partial charge in [-0.3, -0.25) is 10.1 Å². The van der Waals surface area contributed by atoms with Gasteiger partial charge in [0.05, 0.1) is 10.6 Å². The van der Waals surface area contributed by atoms with Crippen molar-refractivity contribution in [1.82, 2.24) is 4.31 Å². The van der Waals surface area contributed by atoms with E-state index in [0.29, 0.717) is 18.8 Å². The fourth-order valence-electron chi connectivity index (χ4n) is 4.00. The van der Waals surface area contributed by atoms with Crippen LogP contribution in [0.15, 0.2) is 53.4 Å². The van der Waals surface area contributed by atoms with Gasteiger partial charge in [-0.15, -0.1) is 0 Å². The smallest absolute Gasteiger partial charge is 0.270 e. The van der Waals surface area contributed by atoms with Crippen LogP contribution < -0.4 is 10.2 Å². The molecule has 0 saturated carbocycles. The number of hydrogen-bond donors (Lipinski definition) is 1. The van der Waals surface area contributed by atoms with Crippen LogP contribution in [-0.4, -0.2) is 49.9 Å². The molecule has 1 unspecified atom stereocenters. The van der Waals surface area contributed by atoms with Crippen LogP contribution in [0.25, 0.3) is 0 Å². The number of para-hydroxylation sites is 1. The first-order valence-electron chi connectivity index (χ1n) is 9.80. The fourth-order valence-corrected chi connectivity index (χ4v) is 5.69. The molecule has 2 aliphatic rings. The van der Waals surface area contributed by atoms with E-state index >= 15 is 0 Å². The average Bonchev–Trinajstić information content (AvgIpc) is 3.41. The number of hydrogen-bond acceptors (Lipinski definition) is 6. The summed E-state index contributed by atoms with van der Waals surface area (Å²) < 4.78 is 27.7. The molecule has 0 amide bonds. The zero-order chi connectivity index (χ0) is 20.4. The highest BCUT2D eigenvalue weighted by Gasteiger charge is 2.32. The number of non-ortho nitro benzene ring substituents is 1. The normalized spacial score (nSPS) is 20.1. The molecule has 2 fully saturated rings. The summed E-state index contributed by atoms with van der Waals surface area (Å²) in [4.78, 5) is 12.9. The minimum absolute atomic E-state index is 0.00763. The van der Waals surface area contributed by atoms with Gasteiger partial charge in [-0.2, -0.15) is 4.31 Å². The molecule has 0 spiro atoms. The van der Waals surface area contributed by atoms with Crippen molar-refractivity contribution in [3.05, 3.63) is 58.6 Å². The largest absolute Gasteiger partial charge is 0.379 e. The first kappa shape index (κ1) is 19.7. The molecule has 2 aromatic carbocycles. The molecule has 8 nitrogen and oxygen atoms in total. The summed E-state index contributed by atoms with van der Waals surface area (Å²) in [5.41, 5.74) is 1.35. The highest BCUT2D eigenvalue weighted by Crippen LogP contribution is 2.32. The van der Waals surface area contributed by atoms with Crippen molar-refractivity contribution >= 4 is 27.1 Å². The molecule has 0 aliphatic carbocycles. The molecule has 9 heteroatoms. The van der Waals surface area contributed by atoms with E-state index in [4.69, 9.17) is 0 Å². The maximum Gasteiger partial charge on any atom is 0.270 e. The Kier molecular flexibility index (Phi) is 5.42. The van der Waals surface area contributed by atoms with Gasteiger partial charge in [0.15, 0.2) is 0 Å². The van der Waals surface area contributed by atoms with Crippen molar-refractivity contribution in [1.29, 1.82) is 0 Å². The Bertz CT molecular complexity index is 991. The zero-order valence-corrected chi connectivity index (χ0v) is 16.8. The molecule has 1 N–H and O–H groups in total. The van der Waals surface area contributed by atoms with Gasteiger partial charge >= 0.3 is 0 Å². The third-order valence-electron chi connectivity index (χ3n) is 5.53. The van der Waals surface area contributed by atoms with Crippen LogP contribution >= 0.6 is 0 Å². The lowest BCUT2D eigenvalue weighted by atomic mass is 10.2. The number of anilines is 2. The van der Waals surface area contributed by atoms with Crippen molar-refractivity contribution in [2.45, 2.75) is 30.2 Å². The van der Waals surface area contributed by atoms with Crippen LogP contribution in [0.2, 0.25) is 0 Å². The third-order valence-corrected chi connectivity index (χ3v) is 7.47. The molecule has 29 heavy (non-hydrogen) atoms. The average molecular weight is 417 g/mol. The molecule has 0 bridgehead atoms. The van der Waals surface area contributed by atoms with Crippen LogP contribution in [0.4, 0.5) is 17.1 Å². The Hall–Kier alpha value is -2.65. The standard InChI is InChI=1S/C20H24N4O4S/c25-24(26)18-8-9-19(20(14-18)29(27,28)23-11-4-5-12-23)21-16-10-13-22(15-16)17-6-2-1-3-7-17/h1-3,6-9,14,16,21H,4-5,10-13,15H2. The van der Waals surface area contributed by atoms with Crippen LogP contribution in [0.5, 0.6) is 0 Å². The van der Waals surface area contributed by atoms with E-state index in [1.807, 2.05) is 18.2 Å². The van der Waals surface area contributed by atoms with Crippen LogP contribution in [0, 0.1) is 10.1 Å². The number of sulfonamides is 1. The van der Waals surface area contributed by atoms with E-state index in [9.17, 15) is 18.5 Å². The van der Waals surface area contributed by atoms with E-state index < -0.39 is 14.9 Å². The second-order valence-corrected chi connectivity index (χ2v) is 9.37. The Morgan fingerprint density at radius 3 is 2.45 bits per heavy atom. The number of rotatable bonds is 6. The zero-order valence-electron chi connectivity index (χ0n) is 16.0. The summed E-state index contributed by atoms with van der Waals surface area (Å²) in [5.74, 6) is 0. The fraction of sp³-hybridized carbons (Fsp3) is 0.400. The number of nitro groups is 1. The Morgan fingerprint density at radius 2 is 1.76 bits per heavy atom. The summed E-state index contributed by atoms with van der Waals surface area (Å²) >= 11 is 0. The molecule has 0 aromatic heterocycles. The van der Waals surface area contributed by atoms with Gasteiger partial charge in [-0.25, -0.2) is 8.42 Å². The Balaban J connectivity index is 1.59. The van der Waals surface area contributed by atoms with Crippen molar-refractivity contribution in [2.75, 3.05) is 36.4 Å². The molecule has 0 radical (unpaired) electrons. The first-order valence-corrected chi connectivity index (χ1v) is 11.2. The van der Waals surface area contributed by atoms with E-state index in [2.05, 4.69) is 22.3 Å². The molecule has 2 aromatic rings. The van der Waals surface area contributed by atoms with Crippen molar-refractivity contribution in [3.8, 4) is 0 Å². The maximum atomic E-state index is 13.1. The molecule has 2 saturated heterocycles. The molecule has 2 aliphatic heterocycles. The molecular formula is C20H24N4O4S. The summed E-state index contributed by atoms with van der Waals surface area (Å²) in [5, 5.41) is 14.6. The van der Waals surface area contributed by atoms with Gasteiger partial charge in [0.1, 0.15) is 4.90 Å². The topological polar surface area (TPSA) is 95.8 Å². The lowest BCUT2D eigenvalue weighted by molar-refractivity contribution is -0.385. The maximum absolute atomic E-state index is 13.1. The lowest BCUT2D eigenvalue weighted by Gasteiger charge is -2.22. The van der Waals surface area contributed by atoms with Crippen LogP contribution in [0.1, 0.15) is 19.3 Å². The van der Waals surface area contributed by atoms with E-state index in [0.717, 1.165) is 38.0 Å². The molecular weight excluding hydrogens is 392 g/mol. The summed E-state index contributed by atoms with van der Waals surface area (Å²) in [6.45, 7) is 2.51. The highest BCUT2D eigenvalue weighted by molar-refractivity contribution is 7.89. The SMILES string of the molecule is O=[N+]([O-])c1ccc(NC2CCN(c3ccccc3)C2)c(S(=O)(=O)N2CCCC2)c1. The van der Waals surface area contributed by atoms with Crippen molar-refractivity contribution < 1.29 is 13.3 Å². The summed E-state index contributed by atoms with van der Waals surface area (Å²) in [6, 6.07) is 14.2. The predicted octanol–water partition coefficient (Wildman–Crippen LogP) is 3.07. The molecule has 2 heterocycles. The van der Waals surface area contributed by atoms with Gasteiger partial charge < -0.3 is 10.2 Å². The molecule has 4 rings (SSSR count). The molecule has 1 atom stereocenters. The van der Waals surface area contributed by atoms with Gasteiger partial charge in [0, 0.05) is 50.0 Å². The number of nitrogens with one attached hydrogen (secondary N) is 1. The Labute approximate surface area is 170 Å². The van der Waals surface area contributed by atoms with E-state index in [1.54, 1.807) is 0 Å². The van der Waals surface area contributed by atoms with Gasteiger partial charge in [0.2, 0.25) is 10.0 Å². The number of nitrogens with zero attached hydrogens (tertiary/aromatic N) is 3. The second-order valence-electron chi connectivity index (χ2n) is 7.46. The van der Waals surface area contributed by atoms with Gasteiger partial charge in [0.25, 0.3) is 5.69 Å². The molecule has 154 valence electrons. The van der Waals surface area contributed by atoms with Crippen LogP contribution in [-0.2, 0) is 10.0 Å². The first-order chi connectivity index (χ1) is 13.9. The summed E-state index contributed by atoms with van der Waals surface area (Å²) in [6.07, 6.45) is 2.48. The van der Waals surface area contributed by atoms with Crippen LogP contribution in [0.3, 0.4) is 0 Å². The van der Waals surface area contributed by atoms with Crippen molar-refractivity contribution in [2.24, 2.45) is 0 Å². The highest BCUT2D eigenvalue weighted by atomic mass is 32.2. The second kappa shape index (κ2) is 8.00. The third kappa shape index (κ3) is 4.06. The minimum Gasteiger partial charge on any atom is -0.379 e. The van der Waals surface area contributed by atoms with Gasteiger partial charge in [-0.1, -0.05) is 18.2 Å². The quantitative estimate of drug-likeness (QED) is 0.574. The van der Waals surface area contributed by atoms with E-state index in [-0.39, 0.29) is 16.6 Å². The predicted molar refractivity (Wildman–Crippen MR) is 112 cm³/mol. The minimum atomic E-state index is -3.78. The Morgan fingerprint density at radius 1 is 1.03 bits per heavy atom. The van der Waals surface area contributed by atoms with Gasteiger partial charge in [-0.05, 0) is 37.5 Å². The number of nitro benzene ring substituents is 1. The monoisotopic (exact) mass is 416 g/mol. The summed E-state index contributed by atoms with van der Waals surface area (Å²) in [7, 11) is -3.78. The number of benzene rings is 2. The van der Waals surface area contributed by atoms with Crippen molar-refractivity contribution in [3.63, 3.8) is 0 Å². The lowest BCUT2D eigenvalue weighted by Crippen LogP contribution is -2.30.